The van der Waals surface area contributed by atoms with Gasteiger partial charge in [-0.25, -0.2) is 0 Å². The van der Waals surface area contributed by atoms with Gasteiger partial charge in [0.2, 0.25) is 0 Å². The Hall–Kier alpha value is -2.62. The molecular formula is C26H26O2S. The number of aliphatic hydroxyl groups is 1. The zero-order valence-corrected chi connectivity index (χ0v) is 17.2. The first-order valence-electron chi connectivity index (χ1n) is 9.86. The van der Waals surface area contributed by atoms with Crippen LogP contribution in [0.5, 0.6) is 0 Å². The van der Waals surface area contributed by atoms with Gasteiger partial charge >= 0.3 is 0 Å². The number of carbonyl (C=O) groups is 1. The molecule has 2 nitrogen and oxygen atoms in total. The van der Waals surface area contributed by atoms with E-state index in [1.807, 2.05) is 36.0 Å². The van der Waals surface area contributed by atoms with Gasteiger partial charge in [-0.15, -0.1) is 11.8 Å². The molecule has 0 unspecified atom stereocenters. The standard InChI is InChI=1S/C26H26O2S/c27-20-19-25(28)18-10-11-21-29-26(22-12-4-1-5-13-22,23-14-6-2-7-15-23)24-16-8-3-9-17-24/h1-10,12-18,20,25,28H,11,19,21H2/b18-10+/t25-/m1/s1. The second kappa shape index (κ2) is 10.8. The predicted octanol–water partition coefficient (Wildman–Crippen LogP) is 5.61. The number of rotatable bonds is 10. The molecule has 3 heteroatoms. The van der Waals surface area contributed by atoms with E-state index in [0.29, 0.717) is 0 Å². The number of aldehydes is 1. The molecule has 29 heavy (non-hydrogen) atoms. The number of hydrogen-bond acceptors (Lipinski definition) is 3. The van der Waals surface area contributed by atoms with Crippen LogP contribution in [0.3, 0.4) is 0 Å². The smallest absolute Gasteiger partial charge is 0.122 e. The SMILES string of the molecule is O=CC[C@H](O)/C=C/CCSC(c1ccccc1)(c1ccccc1)c1ccccc1. The Morgan fingerprint density at radius 3 is 1.66 bits per heavy atom. The van der Waals surface area contributed by atoms with E-state index in [4.69, 9.17) is 0 Å². The molecule has 0 bridgehead atoms. The monoisotopic (exact) mass is 402 g/mol. The number of thioether (sulfide) groups is 1. The minimum absolute atomic E-state index is 0.144. The van der Waals surface area contributed by atoms with Gasteiger partial charge in [0, 0.05) is 6.42 Å². The molecule has 0 amide bonds. The number of hydrogen-bond donors (Lipinski definition) is 1. The first-order valence-corrected chi connectivity index (χ1v) is 10.8. The van der Waals surface area contributed by atoms with E-state index in [0.717, 1.165) is 18.5 Å². The average molecular weight is 403 g/mol. The van der Waals surface area contributed by atoms with Crippen molar-refractivity contribution in [1.29, 1.82) is 0 Å². The summed E-state index contributed by atoms with van der Waals surface area (Å²) in [6.45, 7) is 0. The zero-order valence-electron chi connectivity index (χ0n) is 16.4. The van der Waals surface area contributed by atoms with Crippen LogP contribution in [0.2, 0.25) is 0 Å². The summed E-state index contributed by atoms with van der Waals surface area (Å²) >= 11 is 1.89. The fraction of sp³-hybridized carbons (Fsp3) is 0.192. The van der Waals surface area contributed by atoms with E-state index < -0.39 is 6.10 Å². The first-order chi connectivity index (χ1) is 14.3. The van der Waals surface area contributed by atoms with Crippen LogP contribution < -0.4 is 0 Å². The third-order valence-corrected chi connectivity index (χ3v) is 6.42. The van der Waals surface area contributed by atoms with E-state index in [-0.39, 0.29) is 11.2 Å². The summed E-state index contributed by atoms with van der Waals surface area (Å²) in [5.41, 5.74) is 3.73. The van der Waals surface area contributed by atoms with Gasteiger partial charge in [-0.05, 0) is 28.9 Å². The van der Waals surface area contributed by atoms with Crippen molar-refractivity contribution in [2.24, 2.45) is 0 Å². The van der Waals surface area contributed by atoms with E-state index >= 15 is 0 Å². The molecule has 3 aromatic rings. The quantitative estimate of drug-likeness (QED) is 0.207. The molecule has 3 aromatic carbocycles. The highest BCUT2D eigenvalue weighted by molar-refractivity contribution is 8.00. The highest BCUT2D eigenvalue weighted by Gasteiger charge is 2.36. The summed E-state index contributed by atoms with van der Waals surface area (Å²) in [6.07, 6.45) is 4.69. The molecule has 0 saturated carbocycles. The lowest BCUT2D eigenvalue weighted by atomic mass is 9.84. The number of benzene rings is 3. The van der Waals surface area contributed by atoms with E-state index in [2.05, 4.69) is 72.8 Å². The van der Waals surface area contributed by atoms with Crippen LogP contribution in [0.4, 0.5) is 0 Å². The van der Waals surface area contributed by atoms with Gasteiger partial charge < -0.3 is 9.90 Å². The molecular weight excluding hydrogens is 376 g/mol. The van der Waals surface area contributed by atoms with Crippen LogP contribution in [0, 0.1) is 0 Å². The maximum absolute atomic E-state index is 10.5. The topological polar surface area (TPSA) is 37.3 Å². The molecule has 1 N–H and O–H groups in total. The van der Waals surface area contributed by atoms with Crippen molar-refractivity contribution in [2.75, 3.05) is 5.75 Å². The summed E-state index contributed by atoms with van der Waals surface area (Å²) < 4.78 is -0.320. The van der Waals surface area contributed by atoms with Crippen LogP contribution in [0.1, 0.15) is 29.5 Å². The van der Waals surface area contributed by atoms with Crippen LogP contribution in [-0.2, 0) is 9.54 Å². The lowest BCUT2D eigenvalue weighted by molar-refractivity contribution is -0.109. The predicted molar refractivity (Wildman–Crippen MR) is 122 cm³/mol. The number of allylic oxidation sites excluding steroid dienone is 1. The second-order valence-electron chi connectivity index (χ2n) is 6.81. The normalized spacial score (nSPS) is 12.7. The molecule has 3 rings (SSSR count). The maximum atomic E-state index is 10.5. The highest BCUT2D eigenvalue weighted by atomic mass is 32.2. The Balaban J connectivity index is 1.96. The summed E-state index contributed by atoms with van der Waals surface area (Å²) in [4.78, 5) is 10.5. The van der Waals surface area contributed by atoms with Crippen molar-refractivity contribution >= 4 is 18.0 Å². The Bertz CT molecular complexity index is 795. The van der Waals surface area contributed by atoms with Gasteiger partial charge in [-0.1, -0.05) is 103 Å². The van der Waals surface area contributed by atoms with Gasteiger partial charge in [-0.3, -0.25) is 0 Å². The third kappa shape index (κ3) is 5.26. The van der Waals surface area contributed by atoms with Gasteiger partial charge in [-0.2, -0.15) is 0 Å². The Kier molecular flexibility index (Phi) is 7.85. The van der Waals surface area contributed by atoms with Crippen molar-refractivity contribution in [3.8, 4) is 0 Å². The summed E-state index contributed by atoms with van der Waals surface area (Å²) in [5.74, 6) is 0.878. The average Bonchev–Trinajstić information content (AvgIpc) is 2.78. The first kappa shape index (κ1) is 21.1. The molecule has 1 atom stereocenters. The molecule has 148 valence electrons. The van der Waals surface area contributed by atoms with Crippen molar-refractivity contribution in [2.45, 2.75) is 23.7 Å². The number of aliphatic hydroxyl groups excluding tert-OH is 1. The van der Waals surface area contributed by atoms with Gasteiger partial charge in [0.1, 0.15) is 6.29 Å². The summed E-state index contributed by atoms with van der Waals surface area (Å²) in [6, 6.07) is 31.8. The van der Waals surface area contributed by atoms with Gasteiger partial charge in [0.05, 0.1) is 10.9 Å². The second-order valence-corrected chi connectivity index (χ2v) is 8.12. The van der Waals surface area contributed by atoms with Crippen molar-refractivity contribution in [1.82, 2.24) is 0 Å². The van der Waals surface area contributed by atoms with Crippen molar-refractivity contribution in [3.05, 3.63) is 120 Å². The molecule has 0 fully saturated rings. The molecule has 0 aliphatic rings. The molecule has 0 spiro atoms. The molecule has 0 aromatic heterocycles. The van der Waals surface area contributed by atoms with Crippen molar-refractivity contribution in [3.63, 3.8) is 0 Å². The minimum atomic E-state index is -0.695. The lowest BCUT2D eigenvalue weighted by Gasteiger charge is -2.35. The van der Waals surface area contributed by atoms with Crippen LogP contribution in [0.25, 0.3) is 0 Å². The van der Waals surface area contributed by atoms with Crippen LogP contribution in [-0.4, -0.2) is 23.2 Å². The third-order valence-electron chi connectivity index (χ3n) is 4.84. The molecule has 0 aliphatic heterocycles. The lowest BCUT2D eigenvalue weighted by Crippen LogP contribution is -2.26. The summed E-state index contributed by atoms with van der Waals surface area (Å²) in [5, 5.41) is 9.72. The van der Waals surface area contributed by atoms with E-state index in [1.54, 1.807) is 6.08 Å². The van der Waals surface area contributed by atoms with Crippen LogP contribution in [0.15, 0.2) is 103 Å². The molecule has 0 aliphatic carbocycles. The molecule has 0 radical (unpaired) electrons. The van der Waals surface area contributed by atoms with E-state index in [9.17, 15) is 9.90 Å². The Morgan fingerprint density at radius 2 is 1.24 bits per heavy atom. The number of carbonyl (C=O) groups excluding carboxylic acids is 1. The van der Waals surface area contributed by atoms with Crippen LogP contribution >= 0.6 is 11.8 Å². The fourth-order valence-electron chi connectivity index (χ4n) is 3.48. The van der Waals surface area contributed by atoms with E-state index in [1.165, 1.54) is 16.7 Å². The largest absolute Gasteiger partial charge is 0.389 e. The molecule has 0 saturated heterocycles. The van der Waals surface area contributed by atoms with Gasteiger partial charge in [0.15, 0.2) is 0 Å². The fourth-order valence-corrected chi connectivity index (χ4v) is 4.95. The minimum Gasteiger partial charge on any atom is -0.389 e. The Morgan fingerprint density at radius 1 is 0.793 bits per heavy atom. The zero-order chi connectivity index (χ0) is 20.4. The van der Waals surface area contributed by atoms with Crippen molar-refractivity contribution < 1.29 is 9.90 Å². The molecule has 0 heterocycles. The summed E-state index contributed by atoms with van der Waals surface area (Å²) in [7, 11) is 0. The van der Waals surface area contributed by atoms with Gasteiger partial charge in [0.25, 0.3) is 0 Å². The maximum Gasteiger partial charge on any atom is 0.122 e. The highest BCUT2D eigenvalue weighted by Crippen LogP contribution is 2.48. The Labute approximate surface area is 177 Å².